The van der Waals surface area contributed by atoms with E-state index >= 15 is 0 Å². The second kappa shape index (κ2) is 4.06. The van der Waals surface area contributed by atoms with Gasteiger partial charge in [-0.05, 0) is 17.7 Å². The van der Waals surface area contributed by atoms with Crippen LogP contribution in [0.1, 0.15) is 11.6 Å². The van der Waals surface area contributed by atoms with E-state index < -0.39 is 17.8 Å². The molecule has 0 bridgehead atoms. The Bertz CT molecular complexity index is 354. The number of carboxylic acid groups (broad SMARTS) is 1. The minimum Gasteiger partial charge on any atom is -0.494 e. The minimum atomic E-state index is -1.21. The fraction of sp³-hybridized carbons (Fsp3) is 0.222. The summed E-state index contributed by atoms with van der Waals surface area (Å²) in [5.74, 6) is -1.76. The monoisotopic (exact) mass is 199 g/mol. The average molecular weight is 199 g/mol. The van der Waals surface area contributed by atoms with Crippen LogP contribution in [-0.4, -0.2) is 18.2 Å². The van der Waals surface area contributed by atoms with Gasteiger partial charge in [0.2, 0.25) is 0 Å². The largest absolute Gasteiger partial charge is 0.494 e. The zero-order valence-corrected chi connectivity index (χ0v) is 7.53. The summed E-state index contributed by atoms with van der Waals surface area (Å²) in [6.07, 6.45) is 0. The van der Waals surface area contributed by atoms with E-state index in [2.05, 4.69) is 4.74 Å². The van der Waals surface area contributed by atoms with Gasteiger partial charge in [0.05, 0.1) is 7.11 Å². The molecule has 4 nitrogen and oxygen atoms in total. The quantitative estimate of drug-likeness (QED) is 0.759. The molecule has 0 saturated carbocycles. The first-order chi connectivity index (χ1) is 6.56. The smallest absolute Gasteiger partial charge is 0.325 e. The van der Waals surface area contributed by atoms with Gasteiger partial charge in [-0.25, -0.2) is 4.39 Å². The summed E-state index contributed by atoms with van der Waals surface area (Å²) in [5.41, 5.74) is 5.50. The Kier molecular flexibility index (Phi) is 3.03. The molecule has 1 aromatic carbocycles. The van der Waals surface area contributed by atoms with Crippen molar-refractivity contribution in [3.05, 3.63) is 29.6 Å². The zero-order chi connectivity index (χ0) is 10.7. The van der Waals surface area contributed by atoms with E-state index in [1.165, 1.54) is 19.2 Å². The second-order valence-electron chi connectivity index (χ2n) is 2.71. The van der Waals surface area contributed by atoms with Crippen LogP contribution in [0.4, 0.5) is 4.39 Å². The third kappa shape index (κ3) is 2.00. The topological polar surface area (TPSA) is 72.5 Å². The molecule has 0 unspecified atom stereocenters. The van der Waals surface area contributed by atoms with Crippen LogP contribution < -0.4 is 10.5 Å². The number of halogens is 1. The van der Waals surface area contributed by atoms with E-state index in [4.69, 9.17) is 10.8 Å². The first kappa shape index (κ1) is 10.5. The van der Waals surface area contributed by atoms with Crippen LogP contribution in [0.3, 0.4) is 0 Å². The highest BCUT2D eigenvalue weighted by atomic mass is 19.1. The van der Waals surface area contributed by atoms with Crippen LogP contribution in [0, 0.1) is 5.82 Å². The fourth-order valence-corrected chi connectivity index (χ4v) is 1.02. The first-order valence-electron chi connectivity index (χ1n) is 3.88. The van der Waals surface area contributed by atoms with Crippen molar-refractivity contribution < 1.29 is 19.0 Å². The standard InChI is InChI=1S/C9H10FNO3/c1-14-7-3-2-5(4-6(7)10)8(11)9(12)13/h2-4,8H,11H2,1H3,(H,12,13)/t8-/m1/s1. The fourth-order valence-electron chi connectivity index (χ4n) is 1.02. The Morgan fingerprint density at radius 3 is 2.71 bits per heavy atom. The summed E-state index contributed by atoms with van der Waals surface area (Å²) >= 11 is 0. The molecule has 0 aliphatic heterocycles. The number of hydrogen-bond acceptors (Lipinski definition) is 3. The second-order valence-corrected chi connectivity index (χ2v) is 2.71. The summed E-state index contributed by atoms with van der Waals surface area (Å²) in [7, 11) is 1.33. The molecule has 0 radical (unpaired) electrons. The highest BCUT2D eigenvalue weighted by Gasteiger charge is 2.15. The van der Waals surface area contributed by atoms with Crippen LogP contribution in [0.15, 0.2) is 18.2 Å². The van der Waals surface area contributed by atoms with Crippen LogP contribution in [0.25, 0.3) is 0 Å². The molecule has 5 heteroatoms. The molecule has 1 rings (SSSR count). The van der Waals surface area contributed by atoms with E-state index in [9.17, 15) is 9.18 Å². The molecule has 76 valence electrons. The normalized spacial score (nSPS) is 12.2. The van der Waals surface area contributed by atoms with Gasteiger partial charge in [-0.1, -0.05) is 6.07 Å². The molecule has 0 heterocycles. The lowest BCUT2D eigenvalue weighted by atomic mass is 10.1. The predicted octanol–water partition coefficient (Wildman–Crippen LogP) is 0.919. The zero-order valence-electron chi connectivity index (χ0n) is 7.53. The third-order valence-corrected chi connectivity index (χ3v) is 1.80. The number of carboxylic acids is 1. The molecule has 0 fully saturated rings. The van der Waals surface area contributed by atoms with Gasteiger partial charge >= 0.3 is 5.97 Å². The van der Waals surface area contributed by atoms with Crippen LogP contribution >= 0.6 is 0 Å². The van der Waals surface area contributed by atoms with Crippen molar-refractivity contribution in [2.75, 3.05) is 7.11 Å². The number of hydrogen-bond donors (Lipinski definition) is 2. The van der Waals surface area contributed by atoms with Crippen molar-refractivity contribution in [1.82, 2.24) is 0 Å². The first-order valence-corrected chi connectivity index (χ1v) is 3.88. The van der Waals surface area contributed by atoms with Gasteiger partial charge < -0.3 is 15.6 Å². The molecule has 0 saturated heterocycles. The molecular formula is C9H10FNO3. The molecule has 0 spiro atoms. The Balaban J connectivity index is 3.02. The van der Waals surface area contributed by atoms with Crippen molar-refractivity contribution >= 4 is 5.97 Å². The maximum Gasteiger partial charge on any atom is 0.325 e. The van der Waals surface area contributed by atoms with E-state index in [0.29, 0.717) is 0 Å². The van der Waals surface area contributed by atoms with Gasteiger partial charge in [-0.15, -0.1) is 0 Å². The Morgan fingerprint density at radius 2 is 2.29 bits per heavy atom. The number of rotatable bonds is 3. The predicted molar refractivity (Wildman–Crippen MR) is 47.5 cm³/mol. The van der Waals surface area contributed by atoms with Crippen molar-refractivity contribution in [2.45, 2.75) is 6.04 Å². The lowest BCUT2D eigenvalue weighted by Crippen LogP contribution is -2.20. The summed E-state index contributed by atoms with van der Waals surface area (Å²) in [6.45, 7) is 0. The Hall–Kier alpha value is -1.62. The molecule has 14 heavy (non-hydrogen) atoms. The lowest BCUT2D eigenvalue weighted by molar-refractivity contribution is -0.138. The number of ether oxygens (including phenoxy) is 1. The van der Waals surface area contributed by atoms with E-state index in [0.717, 1.165) is 6.07 Å². The van der Waals surface area contributed by atoms with Gasteiger partial charge in [-0.2, -0.15) is 0 Å². The number of nitrogens with two attached hydrogens (primary N) is 1. The molecule has 0 aliphatic carbocycles. The van der Waals surface area contributed by atoms with Gasteiger partial charge in [0.25, 0.3) is 0 Å². The molecule has 0 aromatic heterocycles. The van der Waals surface area contributed by atoms with E-state index in [-0.39, 0.29) is 11.3 Å². The van der Waals surface area contributed by atoms with Crippen LogP contribution in [-0.2, 0) is 4.79 Å². The van der Waals surface area contributed by atoms with Crippen molar-refractivity contribution in [1.29, 1.82) is 0 Å². The minimum absolute atomic E-state index is 0.0614. The number of aliphatic carboxylic acids is 1. The van der Waals surface area contributed by atoms with Gasteiger partial charge in [0, 0.05) is 0 Å². The summed E-state index contributed by atoms with van der Waals surface area (Å²) in [4.78, 5) is 10.5. The number of methoxy groups -OCH3 is 1. The molecular weight excluding hydrogens is 189 g/mol. The van der Waals surface area contributed by atoms with Gasteiger partial charge in [-0.3, -0.25) is 4.79 Å². The van der Waals surface area contributed by atoms with Crippen molar-refractivity contribution in [3.63, 3.8) is 0 Å². The summed E-state index contributed by atoms with van der Waals surface area (Å²) in [5, 5.41) is 8.57. The average Bonchev–Trinajstić information content (AvgIpc) is 2.16. The van der Waals surface area contributed by atoms with Gasteiger partial charge in [0.15, 0.2) is 11.6 Å². The number of benzene rings is 1. The molecule has 0 amide bonds. The SMILES string of the molecule is COc1ccc([C@@H](N)C(=O)O)cc1F. The Morgan fingerprint density at radius 1 is 1.64 bits per heavy atom. The molecule has 3 N–H and O–H groups in total. The van der Waals surface area contributed by atoms with Crippen LogP contribution in [0.2, 0.25) is 0 Å². The van der Waals surface area contributed by atoms with Gasteiger partial charge in [0.1, 0.15) is 6.04 Å². The maximum atomic E-state index is 13.1. The Labute approximate surface area is 80.1 Å². The van der Waals surface area contributed by atoms with Crippen molar-refractivity contribution in [2.24, 2.45) is 5.73 Å². The highest BCUT2D eigenvalue weighted by molar-refractivity contribution is 5.75. The van der Waals surface area contributed by atoms with E-state index in [1.807, 2.05) is 0 Å². The summed E-state index contributed by atoms with van der Waals surface area (Å²) in [6, 6.07) is 2.60. The highest BCUT2D eigenvalue weighted by Crippen LogP contribution is 2.20. The van der Waals surface area contributed by atoms with E-state index in [1.54, 1.807) is 0 Å². The van der Waals surface area contributed by atoms with Crippen LogP contribution in [0.5, 0.6) is 5.75 Å². The maximum absolute atomic E-state index is 13.1. The molecule has 1 aromatic rings. The number of carbonyl (C=O) groups is 1. The lowest BCUT2D eigenvalue weighted by Gasteiger charge is -2.08. The molecule has 1 atom stereocenters. The molecule has 0 aliphatic rings. The van der Waals surface area contributed by atoms with Crippen molar-refractivity contribution in [3.8, 4) is 5.75 Å². The summed E-state index contributed by atoms with van der Waals surface area (Å²) < 4.78 is 17.8. The third-order valence-electron chi connectivity index (χ3n) is 1.80.